The van der Waals surface area contributed by atoms with Crippen molar-refractivity contribution in [1.82, 2.24) is 83.4 Å². The first-order chi connectivity index (χ1) is 66.0. The van der Waals surface area contributed by atoms with Gasteiger partial charge in [-0.05, 0) is 227 Å². The van der Waals surface area contributed by atoms with Gasteiger partial charge in [-0.25, -0.2) is 0 Å². The van der Waals surface area contributed by atoms with Gasteiger partial charge in [0.2, 0.25) is 70.9 Å². The molecule has 12 N–H and O–H groups in total. The molecule has 12 amide bonds. The molecule has 36 heteroatoms. The number of Topliss-reactive ketones (excluding diaryl/α,β-unsaturated/α-hetero) is 4. The molecule has 4 heterocycles. The van der Waals surface area contributed by atoms with Crippen LogP contribution < -0.4 is 63.8 Å². The van der Waals surface area contributed by atoms with Crippen LogP contribution in [-0.2, 0) is 70.4 Å². The Kier molecular flexibility index (Phi) is 52.6. The summed E-state index contributed by atoms with van der Waals surface area (Å²) in [4.78, 5) is 229. The molecule has 20 atom stereocenters. The maximum Gasteiger partial charge on any atom is 0.246 e. The fraction of sp³-hybridized carbons (Fsp3) is 0.636. The van der Waals surface area contributed by atoms with Crippen molar-refractivity contribution in [2.45, 2.75) is 346 Å². The molecule has 4 aliphatic heterocycles. The smallest absolute Gasteiger partial charge is 0.246 e. The SMILES string of the molecule is C.C.CCC[C@H](NC(=O)[C@H](C)NC)C(=O)N1C[C@@H](CC(=O)c2cccc(C(=O)C[C@H]3C[C@@H](C(=O)N[C@@H]4CCCc5ccccc54)N(C(=O)[C@@H](NC(=O)[C@H](C)NC)C(C)(C)C)C3)c2)CC1C(=O)N[C@H](C)C(C)C.CN[C@@H](C)C(=O)N[C@H](C(=O)N1C[C@@H](CC(=O)c2cccc(C(=O)C[C@H]3C[C@@H](C(=O)N[C@@H]4CCCc5ccccc54)N(C(=O)[C@@H](NC(=O)[C@H](C)NC)C(C)(C)C)C3)c2)CC1C(=O)N[C@H](C)C(C)C)C(C)C.Cl.Cl.Cl.Cl. The second kappa shape index (κ2) is 59.0. The van der Waals surface area contributed by atoms with Gasteiger partial charge in [0.15, 0.2) is 23.1 Å². The van der Waals surface area contributed by atoms with E-state index in [1.807, 2.05) is 140 Å². The highest BCUT2D eigenvalue weighted by atomic mass is 35.5. The Bertz CT molecular complexity index is 5110. The minimum Gasteiger partial charge on any atom is -0.352 e. The van der Waals surface area contributed by atoms with E-state index in [9.17, 15) is 76.7 Å². The molecule has 0 spiro atoms. The van der Waals surface area contributed by atoms with Crippen molar-refractivity contribution in [3.8, 4) is 0 Å². The Balaban J connectivity index is 0.000000721. The van der Waals surface area contributed by atoms with Gasteiger partial charge < -0.3 is 83.4 Å². The molecule has 4 fully saturated rings. The van der Waals surface area contributed by atoms with Crippen LogP contribution in [0.3, 0.4) is 0 Å². The van der Waals surface area contributed by atoms with Crippen molar-refractivity contribution in [3.05, 3.63) is 142 Å². The van der Waals surface area contributed by atoms with E-state index < -0.39 is 107 Å². The fourth-order valence-corrected chi connectivity index (χ4v) is 19.5. The summed E-state index contributed by atoms with van der Waals surface area (Å²) in [5.41, 5.74) is 4.30. The highest BCUT2D eigenvalue weighted by molar-refractivity contribution is 6.05. The van der Waals surface area contributed by atoms with E-state index in [0.29, 0.717) is 35.1 Å². The average molecular weight is 2120 g/mol. The minimum atomic E-state index is -0.957. The zero-order valence-electron chi connectivity index (χ0n) is 88.6. The number of fused-ring (bicyclic) bond motifs is 2. The molecule has 4 saturated heterocycles. The third-order valence-electron chi connectivity index (χ3n) is 29.4. The molecular formula is C110H172Cl4N16O16. The molecular weight excluding hydrogens is 1940 g/mol. The molecule has 0 radical (unpaired) electrons. The number of ketones is 4. The van der Waals surface area contributed by atoms with Crippen LogP contribution in [0, 0.1) is 52.3 Å². The van der Waals surface area contributed by atoms with Crippen LogP contribution in [0.25, 0.3) is 0 Å². The minimum absolute atomic E-state index is 0. The largest absolute Gasteiger partial charge is 0.352 e. The highest BCUT2D eigenvalue weighted by Gasteiger charge is 2.51. The Labute approximate surface area is 892 Å². The molecule has 6 aliphatic rings. The van der Waals surface area contributed by atoms with E-state index in [1.54, 1.807) is 104 Å². The molecule has 10 rings (SSSR count). The third-order valence-corrected chi connectivity index (χ3v) is 29.4. The number of carbonyl (C=O) groups is 16. The van der Waals surface area contributed by atoms with Crippen molar-refractivity contribution in [1.29, 1.82) is 0 Å². The molecule has 4 aromatic carbocycles. The second-order valence-electron chi connectivity index (χ2n) is 43.2. The van der Waals surface area contributed by atoms with E-state index in [0.717, 1.165) is 49.7 Å². The number of halogens is 4. The van der Waals surface area contributed by atoms with E-state index in [-0.39, 0.29) is 278 Å². The number of carbonyl (C=O) groups excluding carboxylic acids is 16. The lowest BCUT2D eigenvalue weighted by Crippen LogP contribution is -2.59. The molecule has 146 heavy (non-hydrogen) atoms. The van der Waals surface area contributed by atoms with E-state index >= 15 is 0 Å². The van der Waals surface area contributed by atoms with E-state index in [2.05, 4.69) is 75.9 Å². The Hall–Kier alpha value is -9.80. The number of nitrogens with zero attached hydrogens (tertiary/aromatic N) is 4. The first-order valence-corrected chi connectivity index (χ1v) is 50.9. The maximum absolute atomic E-state index is 14.7. The molecule has 0 aromatic heterocycles. The van der Waals surface area contributed by atoms with Gasteiger partial charge in [-0.2, -0.15) is 0 Å². The van der Waals surface area contributed by atoms with Crippen LogP contribution in [0.4, 0.5) is 0 Å². The number of likely N-dealkylation sites (N-methyl/N-ethyl adjacent to an activating group) is 4. The molecule has 0 saturated carbocycles. The highest BCUT2D eigenvalue weighted by Crippen LogP contribution is 2.39. The van der Waals surface area contributed by atoms with Gasteiger partial charge in [-0.3, -0.25) is 76.7 Å². The van der Waals surface area contributed by atoms with Gasteiger partial charge in [0.05, 0.1) is 36.3 Å². The van der Waals surface area contributed by atoms with Crippen LogP contribution >= 0.6 is 49.6 Å². The summed E-state index contributed by atoms with van der Waals surface area (Å²) >= 11 is 0. The molecule has 2 unspecified atom stereocenters. The zero-order valence-corrected chi connectivity index (χ0v) is 91.9. The van der Waals surface area contributed by atoms with Crippen molar-refractivity contribution in [3.63, 3.8) is 0 Å². The zero-order chi connectivity index (χ0) is 103. The monoisotopic (exact) mass is 2110 g/mol. The van der Waals surface area contributed by atoms with E-state index in [1.165, 1.54) is 30.7 Å². The van der Waals surface area contributed by atoms with E-state index in [4.69, 9.17) is 0 Å². The third kappa shape index (κ3) is 34.4. The van der Waals surface area contributed by atoms with Crippen LogP contribution in [0.15, 0.2) is 97.1 Å². The number of hydrogen-bond donors (Lipinski definition) is 12. The summed E-state index contributed by atoms with van der Waals surface area (Å²) in [6.07, 6.45) is 7.14. The lowest BCUT2D eigenvalue weighted by molar-refractivity contribution is -0.144. The normalized spacial score (nSPS) is 21.4. The number of amides is 12. The number of hydrogen-bond acceptors (Lipinski definition) is 20. The summed E-state index contributed by atoms with van der Waals surface area (Å²) in [6, 6.07) is 19.0. The molecule has 0 bridgehead atoms. The Morgan fingerprint density at radius 1 is 0.349 bits per heavy atom. The summed E-state index contributed by atoms with van der Waals surface area (Å²) in [7, 11) is 6.64. The first kappa shape index (κ1) is 130. The Morgan fingerprint density at radius 2 is 0.637 bits per heavy atom. The van der Waals surface area contributed by atoms with Crippen molar-refractivity contribution in [2.24, 2.45) is 52.3 Å². The predicted octanol–water partition coefficient (Wildman–Crippen LogP) is 12.1. The van der Waals surface area contributed by atoms with Crippen molar-refractivity contribution >= 4 is 144 Å². The van der Waals surface area contributed by atoms with Gasteiger partial charge >= 0.3 is 0 Å². The molecule has 4 aromatic rings. The summed E-state index contributed by atoms with van der Waals surface area (Å²) in [5.74, 6) is -6.71. The topological polar surface area (TPSA) is 430 Å². The molecule has 816 valence electrons. The average Bonchev–Trinajstić information content (AvgIpc) is 1.60. The summed E-state index contributed by atoms with van der Waals surface area (Å²) in [6.45, 7) is 35.9. The van der Waals surface area contributed by atoms with Gasteiger partial charge in [-0.1, -0.05) is 196 Å². The lowest BCUT2D eigenvalue weighted by atomic mass is 9.85. The van der Waals surface area contributed by atoms with Crippen LogP contribution in [0.2, 0.25) is 0 Å². The fourth-order valence-electron chi connectivity index (χ4n) is 19.5. The Morgan fingerprint density at radius 3 is 0.932 bits per heavy atom. The maximum atomic E-state index is 14.7. The van der Waals surface area contributed by atoms with Crippen LogP contribution in [0.5, 0.6) is 0 Å². The summed E-state index contributed by atoms with van der Waals surface area (Å²) < 4.78 is 0. The predicted molar refractivity (Wildman–Crippen MR) is 581 cm³/mol. The van der Waals surface area contributed by atoms with Crippen LogP contribution in [-0.4, -0.2) is 253 Å². The number of likely N-dealkylation sites (tertiary alicyclic amines) is 4. The number of nitrogens with one attached hydrogen (secondary N) is 12. The number of aryl methyl sites for hydroxylation is 2. The summed E-state index contributed by atoms with van der Waals surface area (Å²) in [5, 5.41) is 35.8. The van der Waals surface area contributed by atoms with Gasteiger partial charge in [0.25, 0.3) is 0 Å². The quantitative estimate of drug-likeness (QED) is 0.0184. The standard InChI is InChI=1S/2C54H80N8O8.2CH4.4ClH/c1-30(2)32(5)57-50(67)42-23-35(28-61(42)52(69)46(31(3)4)59-48(65)33(6)55-11)25-44(63)38-19-15-20-39(27-38)45(64)26-36-24-43(51(68)58-41-22-16-18-37-17-13-14-21-40(37)41)62(29-36)53(70)47(54(8,9)10)60-49(66)34(7)56-12;1-12-17-42(59-48(65)33(5)55-10)52(69)61-29-35(24-43(61)50(67)57-32(4)31(2)3)26-45(63)38-20-15-21-39(28-38)46(64)27-36-25-44(51(68)58-41-23-16-19-37-18-13-14-22-40(37)41)62(30-36)53(70)47(54(7,8)9)60-49(66)34(6)56-11;;;;;;/h13-15,17,19-21,27,30-36,41-43,46-47,55-56H,16,18,22-26,28-29H2,1-12H3,(H,57,67)(H,58,68)(H,59,65)(H,60,66);13-15,18,20-22,28,31-36,41-44,47,55-56H,12,16-17,19,23-27,29-30H2,1-11H3,(H,57,67)(H,58,68)(H,59,65)(H,60,66);2*1H4;4*1H/t32-,33+,34+,35-,36-,41-,42?,43+,46+,47-;32-,33+,34+,35-,36-,41-,42+,43?,44+,47-;;;;;;/m11....../s1. The van der Waals surface area contributed by atoms with Gasteiger partial charge in [0.1, 0.15) is 48.3 Å². The molecule has 32 nitrogen and oxygen atoms in total. The van der Waals surface area contributed by atoms with Crippen LogP contribution in [0.1, 0.15) is 312 Å². The number of rotatable bonds is 41. The first-order valence-electron chi connectivity index (χ1n) is 50.9. The second-order valence-corrected chi connectivity index (χ2v) is 43.2. The van der Waals surface area contributed by atoms with Gasteiger partial charge in [0, 0.05) is 86.2 Å². The van der Waals surface area contributed by atoms with Crippen molar-refractivity contribution in [2.75, 3.05) is 54.4 Å². The van der Waals surface area contributed by atoms with Gasteiger partial charge in [-0.15, -0.1) is 49.6 Å². The molecule has 2 aliphatic carbocycles. The van der Waals surface area contributed by atoms with Crippen molar-refractivity contribution < 1.29 is 76.7 Å². The lowest BCUT2D eigenvalue weighted by Gasteiger charge is -2.36. The number of benzene rings is 4.